The van der Waals surface area contributed by atoms with Gasteiger partial charge in [-0.3, -0.25) is 9.59 Å². The molecule has 4 rings (SSSR count). The number of nitrogens with one attached hydrogen (secondary N) is 2. The molecule has 0 saturated heterocycles. The number of anilines is 2. The molecule has 0 aliphatic heterocycles. The number of ether oxygens (including phenoxy) is 1. The van der Waals surface area contributed by atoms with E-state index in [4.69, 9.17) is 4.74 Å². The van der Waals surface area contributed by atoms with Crippen LogP contribution in [0.4, 0.5) is 10.8 Å². The van der Waals surface area contributed by atoms with Crippen molar-refractivity contribution in [2.75, 3.05) is 23.5 Å². The first-order valence-electron chi connectivity index (χ1n) is 9.59. The average Bonchev–Trinajstić information content (AvgIpc) is 3.51. The molecule has 0 spiro atoms. The predicted octanol–water partition coefficient (Wildman–Crippen LogP) is 5.86. The van der Waals surface area contributed by atoms with E-state index < -0.39 is 0 Å². The second-order valence-electron chi connectivity index (χ2n) is 6.53. The molecule has 2 heterocycles. The van der Waals surface area contributed by atoms with Crippen LogP contribution in [0.3, 0.4) is 0 Å². The lowest BCUT2D eigenvalue weighted by molar-refractivity contribution is -0.113. The number of rotatable bonds is 8. The lowest BCUT2D eigenvalue weighted by atomic mass is 10.1. The summed E-state index contributed by atoms with van der Waals surface area (Å²) >= 11 is 4.19. The normalized spacial score (nSPS) is 10.5. The largest absolute Gasteiger partial charge is 0.496 e. The third kappa shape index (κ3) is 5.56. The van der Waals surface area contributed by atoms with E-state index in [1.165, 1.54) is 34.4 Å². The summed E-state index contributed by atoms with van der Waals surface area (Å²) in [5.41, 5.74) is 2.35. The topological polar surface area (TPSA) is 80.3 Å². The Morgan fingerprint density at radius 3 is 2.56 bits per heavy atom. The first-order valence-corrected chi connectivity index (χ1v) is 12.3. The standard InChI is InChI=1S/C23H19N3O3S3/c1-29-19-6-3-2-5-17(19)18-13-32-23(25-18)26-21(27)14-31-16-10-8-15(9-11-16)24-22(28)20-7-4-12-30-20/h2-13H,14H2,1H3,(H,24,28)(H,25,26,27). The zero-order valence-corrected chi connectivity index (χ0v) is 19.5. The number of hydrogen-bond donors (Lipinski definition) is 2. The number of nitrogens with zero attached hydrogens (tertiary/aromatic N) is 1. The molecule has 2 aromatic carbocycles. The van der Waals surface area contributed by atoms with E-state index in [0.717, 1.165) is 21.9 Å². The van der Waals surface area contributed by atoms with E-state index in [1.54, 1.807) is 13.2 Å². The molecule has 0 saturated carbocycles. The van der Waals surface area contributed by atoms with Gasteiger partial charge in [-0.05, 0) is 47.8 Å². The Balaban J connectivity index is 1.29. The van der Waals surface area contributed by atoms with Gasteiger partial charge in [0.25, 0.3) is 5.91 Å². The monoisotopic (exact) mass is 481 g/mol. The van der Waals surface area contributed by atoms with Crippen LogP contribution in [0.15, 0.2) is 76.3 Å². The molecule has 32 heavy (non-hydrogen) atoms. The summed E-state index contributed by atoms with van der Waals surface area (Å²) in [6.07, 6.45) is 0. The molecular formula is C23H19N3O3S3. The molecule has 2 amide bonds. The SMILES string of the molecule is COc1ccccc1-c1csc(NC(=O)CSc2ccc(NC(=O)c3cccs3)cc2)n1. The predicted molar refractivity (Wildman–Crippen MR) is 132 cm³/mol. The Labute approximate surface area is 197 Å². The van der Waals surface area contributed by atoms with E-state index >= 15 is 0 Å². The van der Waals surface area contributed by atoms with Crippen molar-refractivity contribution in [2.24, 2.45) is 0 Å². The van der Waals surface area contributed by atoms with E-state index in [1.807, 2.05) is 65.4 Å². The van der Waals surface area contributed by atoms with Crippen molar-refractivity contribution in [3.8, 4) is 17.0 Å². The van der Waals surface area contributed by atoms with Gasteiger partial charge in [0.2, 0.25) is 5.91 Å². The number of carbonyl (C=O) groups is 2. The highest BCUT2D eigenvalue weighted by atomic mass is 32.2. The van der Waals surface area contributed by atoms with Gasteiger partial charge in [-0.1, -0.05) is 18.2 Å². The summed E-state index contributed by atoms with van der Waals surface area (Å²) in [6.45, 7) is 0. The van der Waals surface area contributed by atoms with Gasteiger partial charge in [-0.15, -0.1) is 34.4 Å². The van der Waals surface area contributed by atoms with Crippen LogP contribution in [0, 0.1) is 0 Å². The second kappa shape index (κ2) is 10.4. The zero-order valence-electron chi connectivity index (χ0n) is 17.0. The molecule has 0 unspecified atom stereocenters. The highest BCUT2D eigenvalue weighted by Crippen LogP contribution is 2.32. The van der Waals surface area contributed by atoms with Gasteiger partial charge in [-0.2, -0.15) is 0 Å². The Morgan fingerprint density at radius 2 is 1.81 bits per heavy atom. The fourth-order valence-electron chi connectivity index (χ4n) is 2.85. The van der Waals surface area contributed by atoms with Gasteiger partial charge in [0.15, 0.2) is 5.13 Å². The van der Waals surface area contributed by atoms with Crippen molar-refractivity contribution in [1.29, 1.82) is 0 Å². The number of benzene rings is 2. The molecule has 0 atom stereocenters. The summed E-state index contributed by atoms with van der Waals surface area (Å²) in [5, 5.41) is 10.0. The Bertz CT molecular complexity index is 1200. The Morgan fingerprint density at radius 1 is 1.00 bits per heavy atom. The molecule has 0 fully saturated rings. The number of aromatic nitrogens is 1. The fraction of sp³-hybridized carbons (Fsp3) is 0.0870. The summed E-state index contributed by atoms with van der Waals surface area (Å²) in [6, 6.07) is 18.7. The third-order valence-corrected chi connectivity index (χ3v) is 7.00. The highest BCUT2D eigenvalue weighted by Gasteiger charge is 2.12. The van der Waals surface area contributed by atoms with Crippen LogP contribution in [-0.4, -0.2) is 29.7 Å². The van der Waals surface area contributed by atoms with Gasteiger partial charge in [-0.25, -0.2) is 4.98 Å². The summed E-state index contributed by atoms with van der Waals surface area (Å²) in [7, 11) is 1.62. The van der Waals surface area contributed by atoms with Gasteiger partial charge >= 0.3 is 0 Å². The van der Waals surface area contributed by atoms with E-state index in [9.17, 15) is 9.59 Å². The van der Waals surface area contributed by atoms with Crippen LogP contribution in [0.25, 0.3) is 11.3 Å². The number of amides is 2. The molecule has 0 radical (unpaired) electrons. The van der Waals surface area contributed by atoms with Crippen LogP contribution < -0.4 is 15.4 Å². The maximum atomic E-state index is 12.4. The molecule has 0 aliphatic rings. The number of thiophene rings is 1. The molecule has 2 aromatic heterocycles. The van der Waals surface area contributed by atoms with Crippen molar-refractivity contribution in [3.05, 3.63) is 76.3 Å². The minimum Gasteiger partial charge on any atom is -0.496 e. The third-order valence-electron chi connectivity index (χ3n) is 4.36. The van der Waals surface area contributed by atoms with Crippen molar-refractivity contribution in [1.82, 2.24) is 4.98 Å². The van der Waals surface area contributed by atoms with Crippen LogP contribution >= 0.6 is 34.4 Å². The molecule has 0 bridgehead atoms. The maximum absolute atomic E-state index is 12.4. The van der Waals surface area contributed by atoms with Crippen LogP contribution in [0.2, 0.25) is 0 Å². The summed E-state index contributed by atoms with van der Waals surface area (Å²) < 4.78 is 5.38. The zero-order chi connectivity index (χ0) is 22.3. The average molecular weight is 482 g/mol. The Kier molecular flexibility index (Phi) is 7.21. The molecule has 0 aliphatic carbocycles. The lowest BCUT2D eigenvalue weighted by Gasteiger charge is -2.06. The van der Waals surface area contributed by atoms with Crippen molar-refractivity contribution in [3.63, 3.8) is 0 Å². The minimum absolute atomic E-state index is 0.129. The number of methoxy groups -OCH3 is 1. The van der Waals surface area contributed by atoms with Crippen molar-refractivity contribution in [2.45, 2.75) is 4.90 Å². The van der Waals surface area contributed by atoms with Crippen LogP contribution in [-0.2, 0) is 4.79 Å². The second-order valence-corrected chi connectivity index (χ2v) is 9.39. The quantitative estimate of drug-likeness (QED) is 0.308. The van der Waals surface area contributed by atoms with Crippen LogP contribution in [0.1, 0.15) is 9.67 Å². The molecular weight excluding hydrogens is 462 g/mol. The molecule has 4 aromatic rings. The number of thioether (sulfide) groups is 1. The van der Waals surface area contributed by atoms with Crippen molar-refractivity contribution >= 4 is 57.1 Å². The minimum atomic E-state index is -0.133. The summed E-state index contributed by atoms with van der Waals surface area (Å²) in [5.74, 6) is 0.729. The summed E-state index contributed by atoms with van der Waals surface area (Å²) in [4.78, 5) is 30.6. The van der Waals surface area contributed by atoms with Gasteiger partial charge in [0.1, 0.15) is 5.75 Å². The van der Waals surface area contributed by atoms with E-state index in [-0.39, 0.29) is 17.6 Å². The van der Waals surface area contributed by atoms with Crippen molar-refractivity contribution < 1.29 is 14.3 Å². The molecule has 2 N–H and O–H groups in total. The molecule has 6 nitrogen and oxygen atoms in total. The maximum Gasteiger partial charge on any atom is 0.265 e. The van der Waals surface area contributed by atoms with E-state index in [0.29, 0.717) is 15.7 Å². The fourth-order valence-corrected chi connectivity index (χ4v) is 4.89. The number of thiazole rings is 1. The van der Waals surface area contributed by atoms with Gasteiger partial charge in [0, 0.05) is 21.5 Å². The first kappa shape index (κ1) is 22.1. The van der Waals surface area contributed by atoms with Gasteiger partial charge in [0.05, 0.1) is 23.4 Å². The number of carbonyl (C=O) groups excluding carboxylic acids is 2. The number of hydrogen-bond acceptors (Lipinski definition) is 7. The highest BCUT2D eigenvalue weighted by molar-refractivity contribution is 8.00. The number of para-hydroxylation sites is 1. The van der Waals surface area contributed by atoms with E-state index in [2.05, 4.69) is 15.6 Å². The lowest BCUT2D eigenvalue weighted by Crippen LogP contribution is -2.13. The smallest absolute Gasteiger partial charge is 0.265 e. The van der Waals surface area contributed by atoms with Crippen LogP contribution in [0.5, 0.6) is 5.75 Å². The molecule has 162 valence electrons. The Hall–Kier alpha value is -3.14. The first-order chi connectivity index (χ1) is 15.6. The van der Waals surface area contributed by atoms with Gasteiger partial charge < -0.3 is 15.4 Å². The molecule has 9 heteroatoms.